The fourth-order valence-corrected chi connectivity index (χ4v) is 5.79. The van der Waals surface area contributed by atoms with E-state index in [-0.39, 0.29) is 22.6 Å². The minimum Gasteiger partial charge on any atom is -0.465 e. The molecule has 0 amide bonds. The first kappa shape index (κ1) is 19.4. The van der Waals surface area contributed by atoms with Crippen LogP contribution < -0.4 is 0 Å². The van der Waals surface area contributed by atoms with E-state index in [1.165, 1.54) is 18.1 Å². The third-order valence-corrected chi connectivity index (χ3v) is 7.41. The van der Waals surface area contributed by atoms with Gasteiger partial charge in [0.25, 0.3) is 0 Å². The number of fused-ring (bicyclic) bond motifs is 2. The van der Waals surface area contributed by atoms with Gasteiger partial charge in [-0.2, -0.15) is 0 Å². The number of ketones is 1. The minimum atomic E-state index is -0.271. The SMILES string of the molecule is CC[C@H]1[C@@H]2CCC3=CC(=O)C(C)(C)CC3=C2CC[C@]1(CC)COC(C)=O. The van der Waals surface area contributed by atoms with Crippen LogP contribution in [0.4, 0.5) is 0 Å². The van der Waals surface area contributed by atoms with Crippen molar-refractivity contribution in [2.45, 2.75) is 79.6 Å². The minimum absolute atomic E-state index is 0.108. The quantitative estimate of drug-likeness (QED) is 0.632. The van der Waals surface area contributed by atoms with Crippen LogP contribution in [-0.4, -0.2) is 18.4 Å². The van der Waals surface area contributed by atoms with Gasteiger partial charge in [0, 0.05) is 17.8 Å². The zero-order valence-corrected chi connectivity index (χ0v) is 17.1. The Morgan fingerprint density at radius 1 is 1.27 bits per heavy atom. The molecule has 0 aromatic heterocycles. The molecule has 1 fully saturated rings. The Morgan fingerprint density at radius 2 is 2.00 bits per heavy atom. The predicted octanol–water partition coefficient (Wildman–Crippen LogP) is 5.40. The fraction of sp³-hybridized carbons (Fsp3) is 0.739. The Bertz CT molecular complexity index is 667. The van der Waals surface area contributed by atoms with Crippen molar-refractivity contribution in [2.75, 3.05) is 6.61 Å². The lowest BCUT2D eigenvalue weighted by atomic mass is 9.54. The van der Waals surface area contributed by atoms with Gasteiger partial charge in [0.1, 0.15) is 0 Å². The highest BCUT2D eigenvalue weighted by atomic mass is 16.5. The van der Waals surface area contributed by atoms with Gasteiger partial charge < -0.3 is 4.74 Å². The second-order valence-corrected chi connectivity index (χ2v) is 9.25. The van der Waals surface area contributed by atoms with Gasteiger partial charge in [-0.05, 0) is 67.6 Å². The van der Waals surface area contributed by atoms with Gasteiger partial charge in [-0.25, -0.2) is 0 Å². The highest BCUT2D eigenvalue weighted by Crippen LogP contribution is 2.57. The molecule has 0 N–H and O–H groups in total. The zero-order valence-electron chi connectivity index (χ0n) is 17.1. The average molecular weight is 359 g/mol. The molecular weight excluding hydrogens is 324 g/mol. The summed E-state index contributed by atoms with van der Waals surface area (Å²) in [5.74, 6) is 1.26. The average Bonchev–Trinajstić information content (AvgIpc) is 2.60. The number of carbonyl (C=O) groups excluding carboxylic acids is 2. The van der Waals surface area contributed by atoms with Gasteiger partial charge >= 0.3 is 5.97 Å². The molecule has 0 saturated heterocycles. The maximum atomic E-state index is 12.4. The lowest BCUT2D eigenvalue weighted by Gasteiger charge is -2.51. The molecule has 3 aliphatic carbocycles. The topological polar surface area (TPSA) is 43.4 Å². The van der Waals surface area contributed by atoms with Crippen LogP contribution >= 0.6 is 0 Å². The van der Waals surface area contributed by atoms with E-state index < -0.39 is 0 Å². The summed E-state index contributed by atoms with van der Waals surface area (Å²) < 4.78 is 5.53. The lowest BCUT2D eigenvalue weighted by Crippen LogP contribution is -2.45. The van der Waals surface area contributed by atoms with Crippen LogP contribution in [0.1, 0.15) is 79.6 Å². The fourth-order valence-electron chi connectivity index (χ4n) is 5.79. The van der Waals surface area contributed by atoms with Crippen molar-refractivity contribution in [1.29, 1.82) is 0 Å². The molecule has 0 aliphatic heterocycles. The molecule has 144 valence electrons. The highest BCUT2D eigenvalue weighted by Gasteiger charge is 2.49. The van der Waals surface area contributed by atoms with Gasteiger partial charge in [-0.3, -0.25) is 9.59 Å². The molecule has 3 atom stereocenters. The summed E-state index contributed by atoms with van der Waals surface area (Å²) in [4.78, 5) is 23.8. The van der Waals surface area contributed by atoms with Crippen molar-refractivity contribution >= 4 is 11.8 Å². The van der Waals surface area contributed by atoms with Crippen molar-refractivity contribution in [1.82, 2.24) is 0 Å². The van der Waals surface area contributed by atoms with Gasteiger partial charge in [-0.1, -0.05) is 39.7 Å². The molecule has 3 heteroatoms. The largest absolute Gasteiger partial charge is 0.465 e. The number of rotatable bonds is 4. The first-order valence-corrected chi connectivity index (χ1v) is 10.3. The maximum Gasteiger partial charge on any atom is 0.302 e. The van der Waals surface area contributed by atoms with E-state index in [2.05, 4.69) is 27.7 Å². The molecule has 26 heavy (non-hydrogen) atoms. The van der Waals surface area contributed by atoms with Gasteiger partial charge in [0.15, 0.2) is 5.78 Å². The zero-order chi connectivity index (χ0) is 19.1. The molecule has 0 aromatic rings. The van der Waals surface area contributed by atoms with Crippen LogP contribution in [0.15, 0.2) is 22.8 Å². The first-order chi connectivity index (χ1) is 12.2. The first-order valence-electron chi connectivity index (χ1n) is 10.3. The summed E-state index contributed by atoms with van der Waals surface area (Å²) >= 11 is 0. The smallest absolute Gasteiger partial charge is 0.302 e. The van der Waals surface area contributed by atoms with E-state index >= 15 is 0 Å². The summed E-state index contributed by atoms with van der Waals surface area (Å²) in [6.45, 7) is 10.8. The molecule has 3 aliphatic rings. The second-order valence-electron chi connectivity index (χ2n) is 9.25. The Hall–Kier alpha value is -1.38. The highest BCUT2D eigenvalue weighted by molar-refractivity contribution is 5.97. The summed E-state index contributed by atoms with van der Waals surface area (Å²) in [7, 11) is 0. The van der Waals surface area contributed by atoms with Gasteiger partial charge in [-0.15, -0.1) is 0 Å². The summed E-state index contributed by atoms with van der Waals surface area (Å²) in [5.41, 5.74) is 4.24. The van der Waals surface area contributed by atoms with Crippen LogP contribution in [0.25, 0.3) is 0 Å². The van der Waals surface area contributed by atoms with Gasteiger partial charge in [0.2, 0.25) is 0 Å². The number of carbonyl (C=O) groups is 2. The van der Waals surface area contributed by atoms with Crippen molar-refractivity contribution in [3.8, 4) is 0 Å². The van der Waals surface area contributed by atoms with E-state index in [0.717, 1.165) is 44.9 Å². The maximum absolute atomic E-state index is 12.4. The summed E-state index contributed by atoms with van der Waals surface area (Å²) in [5, 5.41) is 0. The molecule has 1 saturated carbocycles. The number of esters is 1. The van der Waals surface area contributed by atoms with Crippen molar-refractivity contribution in [3.63, 3.8) is 0 Å². The van der Waals surface area contributed by atoms with Gasteiger partial charge in [0.05, 0.1) is 6.61 Å². The van der Waals surface area contributed by atoms with Crippen molar-refractivity contribution in [2.24, 2.45) is 22.7 Å². The van der Waals surface area contributed by atoms with E-state index in [9.17, 15) is 9.59 Å². The van der Waals surface area contributed by atoms with E-state index in [1.807, 2.05) is 6.08 Å². The molecule has 0 spiro atoms. The van der Waals surface area contributed by atoms with E-state index in [4.69, 9.17) is 4.74 Å². The second kappa shape index (κ2) is 6.98. The third kappa shape index (κ3) is 3.18. The number of hydrogen-bond donors (Lipinski definition) is 0. The Balaban J connectivity index is 1.97. The van der Waals surface area contributed by atoms with Crippen LogP contribution in [0.5, 0.6) is 0 Å². The molecule has 0 aromatic carbocycles. The van der Waals surface area contributed by atoms with Crippen LogP contribution in [-0.2, 0) is 14.3 Å². The molecule has 0 heterocycles. The molecule has 3 nitrogen and oxygen atoms in total. The van der Waals surface area contributed by atoms with Crippen LogP contribution in [0.2, 0.25) is 0 Å². The standard InChI is InChI=1S/C23H34O3/c1-6-20-18-9-8-16-12-21(25)22(4,5)13-19(16)17(18)10-11-23(20,7-2)14-26-15(3)24/h12,18,20H,6-11,13-14H2,1-5H3/t18-,20+,23-/m1/s1. The third-order valence-electron chi connectivity index (χ3n) is 7.41. The van der Waals surface area contributed by atoms with Crippen molar-refractivity contribution in [3.05, 3.63) is 22.8 Å². The van der Waals surface area contributed by atoms with Crippen LogP contribution in [0, 0.1) is 22.7 Å². The Morgan fingerprint density at radius 3 is 2.62 bits per heavy atom. The van der Waals surface area contributed by atoms with Crippen LogP contribution in [0.3, 0.4) is 0 Å². The summed E-state index contributed by atoms with van der Waals surface area (Å²) in [6, 6.07) is 0. The molecule has 3 rings (SSSR count). The molecule has 0 radical (unpaired) electrons. The Labute approximate surface area is 158 Å². The summed E-state index contributed by atoms with van der Waals surface area (Å²) in [6.07, 6.45) is 9.35. The lowest BCUT2D eigenvalue weighted by molar-refractivity contribution is -0.148. The molecule has 0 bridgehead atoms. The molecular formula is C23H34O3. The monoisotopic (exact) mass is 358 g/mol. The molecule has 0 unspecified atom stereocenters. The van der Waals surface area contributed by atoms with E-state index in [0.29, 0.717) is 18.4 Å². The van der Waals surface area contributed by atoms with E-state index in [1.54, 1.807) is 5.57 Å². The Kier molecular flexibility index (Phi) is 5.20. The number of hydrogen-bond acceptors (Lipinski definition) is 3. The normalized spacial score (nSPS) is 33.3. The number of allylic oxidation sites excluding steroid dienone is 4. The van der Waals surface area contributed by atoms with Crippen molar-refractivity contribution < 1.29 is 14.3 Å². The predicted molar refractivity (Wildman–Crippen MR) is 104 cm³/mol. The number of ether oxygens (including phenoxy) is 1.